The molecule has 2 aromatic carbocycles. The molecule has 0 saturated heterocycles. The average molecular weight is 326 g/mol. The molecule has 1 heterocycles. The number of nitrogens with zero attached hydrogens (tertiary/aromatic N) is 1. The van der Waals surface area contributed by atoms with Crippen molar-refractivity contribution in [1.29, 1.82) is 0 Å². The summed E-state index contributed by atoms with van der Waals surface area (Å²) < 4.78 is 4.71. The summed E-state index contributed by atoms with van der Waals surface area (Å²) in [4.78, 5) is 2.31. The fourth-order valence-corrected chi connectivity index (χ4v) is 3.96. The van der Waals surface area contributed by atoms with E-state index in [1.54, 1.807) is 0 Å². The number of hydrogen-bond donors (Lipinski definition) is 0. The third-order valence-corrected chi connectivity index (χ3v) is 4.85. The molecule has 2 heteroatoms. The molecule has 1 nitrogen and oxygen atoms in total. The molecule has 3 rings (SSSR count). The first-order valence-corrected chi connectivity index (χ1v) is 8.71. The van der Waals surface area contributed by atoms with Crippen LogP contribution in [0.15, 0.2) is 65.6 Å². The molecular formula is C18H17NSe. The van der Waals surface area contributed by atoms with Crippen LogP contribution < -0.4 is 0 Å². The summed E-state index contributed by atoms with van der Waals surface area (Å²) in [6.07, 6.45) is 3.38. The Kier molecular flexibility index (Phi) is 4.47. The van der Waals surface area contributed by atoms with E-state index in [1.165, 1.54) is 28.8 Å². The Bertz CT molecular complexity index is 643. The molecule has 0 atom stereocenters. The zero-order valence-corrected chi connectivity index (χ0v) is 13.0. The van der Waals surface area contributed by atoms with Gasteiger partial charge < -0.3 is 0 Å². The van der Waals surface area contributed by atoms with Crippen molar-refractivity contribution < 1.29 is 0 Å². The zero-order chi connectivity index (χ0) is 13.6. The van der Waals surface area contributed by atoms with E-state index < -0.39 is 0 Å². The van der Waals surface area contributed by atoms with Crippen LogP contribution in [0.1, 0.15) is 17.7 Å². The molecular weight excluding hydrogens is 309 g/mol. The topological polar surface area (TPSA) is 12.9 Å². The first-order chi connectivity index (χ1) is 9.93. The summed E-state index contributed by atoms with van der Waals surface area (Å²) in [5.41, 5.74) is 5.39. The predicted molar refractivity (Wildman–Crippen MR) is 85.1 cm³/mol. The van der Waals surface area contributed by atoms with Gasteiger partial charge in [0.05, 0.1) is 0 Å². The summed E-state index contributed by atoms with van der Waals surface area (Å²) in [6, 6.07) is 21.3. The SMILES string of the molecule is c1ccc(CCCc2n[se]cc2-c2ccccc2)cc1. The minimum absolute atomic E-state index is 0.299. The Hall–Kier alpha value is -1.63. The van der Waals surface area contributed by atoms with Gasteiger partial charge in [0.15, 0.2) is 0 Å². The molecule has 0 N–H and O–H groups in total. The second kappa shape index (κ2) is 6.69. The van der Waals surface area contributed by atoms with Crippen molar-refractivity contribution in [1.82, 2.24) is 3.98 Å². The van der Waals surface area contributed by atoms with Crippen LogP contribution in [0.5, 0.6) is 0 Å². The maximum atomic E-state index is 4.71. The van der Waals surface area contributed by atoms with E-state index in [0.717, 1.165) is 12.8 Å². The summed E-state index contributed by atoms with van der Waals surface area (Å²) in [7, 11) is 0. The summed E-state index contributed by atoms with van der Waals surface area (Å²) in [5, 5.41) is 0. The molecule has 0 aliphatic rings. The monoisotopic (exact) mass is 327 g/mol. The van der Waals surface area contributed by atoms with E-state index in [4.69, 9.17) is 3.98 Å². The van der Waals surface area contributed by atoms with Gasteiger partial charge in [-0.3, -0.25) is 0 Å². The van der Waals surface area contributed by atoms with Crippen LogP contribution in [0.4, 0.5) is 0 Å². The molecule has 1 aromatic heterocycles. The van der Waals surface area contributed by atoms with E-state index in [-0.39, 0.29) is 0 Å². The van der Waals surface area contributed by atoms with Crippen molar-refractivity contribution in [3.05, 3.63) is 76.9 Å². The van der Waals surface area contributed by atoms with Crippen LogP contribution >= 0.6 is 0 Å². The second-order valence-corrected chi connectivity index (χ2v) is 6.20. The van der Waals surface area contributed by atoms with Gasteiger partial charge >= 0.3 is 126 Å². The van der Waals surface area contributed by atoms with Crippen LogP contribution in [0.25, 0.3) is 11.1 Å². The van der Waals surface area contributed by atoms with E-state index in [2.05, 4.69) is 65.6 Å². The van der Waals surface area contributed by atoms with Crippen LogP contribution in [0.2, 0.25) is 0 Å². The van der Waals surface area contributed by atoms with Crippen LogP contribution in [0, 0.1) is 0 Å². The number of aromatic nitrogens is 1. The Morgan fingerprint density at radius 2 is 1.50 bits per heavy atom. The van der Waals surface area contributed by atoms with E-state index in [9.17, 15) is 0 Å². The van der Waals surface area contributed by atoms with Crippen LogP contribution in [0.3, 0.4) is 0 Å². The number of hydrogen-bond acceptors (Lipinski definition) is 1. The first kappa shape index (κ1) is 13.4. The zero-order valence-electron chi connectivity index (χ0n) is 11.3. The molecule has 3 aromatic rings. The number of rotatable bonds is 5. The quantitative estimate of drug-likeness (QED) is 0.646. The average Bonchev–Trinajstić information content (AvgIpc) is 2.98. The summed E-state index contributed by atoms with van der Waals surface area (Å²) >= 11 is 0.299. The Morgan fingerprint density at radius 3 is 2.25 bits per heavy atom. The standard InChI is InChI=1S/C18H17NSe/c1-3-8-15(9-4-1)10-7-13-18-17(14-20-19-18)16-11-5-2-6-12-16/h1-6,8-9,11-12,14H,7,10,13H2. The minimum atomic E-state index is 0.299. The fraction of sp³-hybridized carbons (Fsp3) is 0.167. The van der Waals surface area contributed by atoms with Crippen molar-refractivity contribution >= 4 is 14.7 Å². The molecule has 0 aliphatic carbocycles. The summed E-state index contributed by atoms with van der Waals surface area (Å²) in [6.45, 7) is 0. The Labute approximate surface area is 126 Å². The molecule has 0 aliphatic heterocycles. The van der Waals surface area contributed by atoms with Crippen molar-refractivity contribution in [3.63, 3.8) is 0 Å². The van der Waals surface area contributed by atoms with E-state index in [1.807, 2.05) is 0 Å². The van der Waals surface area contributed by atoms with Gasteiger partial charge in [-0.1, -0.05) is 0 Å². The predicted octanol–water partition coefficient (Wildman–Crippen LogP) is 3.98. The van der Waals surface area contributed by atoms with E-state index >= 15 is 0 Å². The van der Waals surface area contributed by atoms with Crippen molar-refractivity contribution in [2.45, 2.75) is 19.3 Å². The second-order valence-electron chi connectivity index (χ2n) is 4.88. The van der Waals surface area contributed by atoms with Gasteiger partial charge in [-0.15, -0.1) is 0 Å². The van der Waals surface area contributed by atoms with Crippen molar-refractivity contribution in [2.75, 3.05) is 0 Å². The van der Waals surface area contributed by atoms with Gasteiger partial charge in [0.1, 0.15) is 0 Å². The van der Waals surface area contributed by atoms with Gasteiger partial charge in [0.25, 0.3) is 0 Å². The van der Waals surface area contributed by atoms with E-state index in [0.29, 0.717) is 14.7 Å². The third kappa shape index (κ3) is 3.27. The molecule has 0 radical (unpaired) electrons. The Balaban J connectivity index is 1.66. The molecule has 0 amide bonds. The molecule has 0 bridgehead atoms. The molecule has 100 valence electrons. The third-order valence-electron chi connectivity index (χ3n) is 3.45. The van der Waals surface area contributed by atoms with Crippen molar-refractivity contribution in [3.8, 4) is 11.1 Å². The van der Waals surface area contributed by atoms with Crippen molar-refractivity contribution in [2.24, 2.45) is 0 Å². The Morgan fingerprint density at radius 1 is 0.800 bits per heavy atom. The van der Waals surface area contributed by atoms with Gasteiger partial charge in [0.2, 0.25) is 0 Å². The first-order valence-electron chi connectivity index (χ1n) is 6.96. The van der Waals surface area contributed by atoms with Gasteiger partial charge in [-0.25, -0.2) is 0 Å². The molecule has 0 unspecified atom stereocenters. The molecule has 0 saturated carbocycles. The maximum absolute atomic E-state index is 4.71. The molecule has 0 spiro atoms. The van der Waals surface area contributed by atoms with Crippen LogP contribution in [-0.2, 0) is 12.8 Å². The normalized spacial score (nSPS) is 10.6. The van der Waals surface area contributed by atoms with Gasteiger partial charge in [-0.2, -0.15) is 0 Å². The summed E-state index contributed by atoms with van der Waals surface area (Å²) in [5.74, 6) is 0. The molecule has 20 heavy (non-hydrogen) atoms. The number of aryl methyl sites for hydroxylation is 2. The number of benzene rings is 2. The van der Waals surface area contributed by atoms with Gasteiger partial charge in [-0.05, 0) is 0 Å². The fourth-order valence-electron chi connectivity index (χ4n) is 2.40. The van der Waals surface area contributed by atoms with Crippen LogP contribution in [-0.4, -0.2) is 18.7 Å². The van der Waals surface area contributed by atoms with Gasteiger partial charge in [0, 0.05) is 0 Å². The molecule has 0 fully saturated rings.